The van der Waals surface area contributed by atoms with Gasteiger partial charge < -0.3 is 10.6 Å². The molecule has 3 rings (SSSR count). The maximum Gasteiger partial charge on any atom is 0.269 e. The molecule has 30 heavy (non-hydrogen) atoms. The quantitative estimate of drug-likeness (QED) is 0.713. The topological polar surface area (TPSA) is 90.9 Å². The molecule has 2 heterocycles. The lowest BCUT2D eigenvalue weighted by Crippen LogP contribution is -2.50. The van der Waals surface area contributed by atoms with Gasteiger partial charge in [0, 0.05) is 12.6 Å². The van der Waals surface area contributed by atoms with Gasteiger partial charge in [-0.1, -0.05) is 38.1 Å². The first kappa shape index (κ1) is 21.7. The lowest BCUT2D eigenvalue weighted by molar-refractivity contribution is -0.136. The number of hydrogen-bond acceptors (Lipinski definition) is 5. The molecule has 1 aromatic heterocycles. The summed E-state index contributed by atoms with van der Waals surface area (Å²) in [6.07, 6.45) is 2.29. The summed E-state index contributed by atoms with van der Waals surface area (Å²) < 4.78 is 0. The zero-order valence-corrected chi connectivity index (χ0v) is 18.1. The molecule has 0 aliphatic carbocycles. The van der Waals surface area contributed by atoms with Crippen LogP contribution < -0.4 is 10.6 Å². The van der Waals surface area contributed by atoms with Crippen LogP contribution in [0.25, 0.3) is 0 Å². The molecule has 1 aromatic carbocycles. The third kappa shape index (κ3) is 5.33. The number of thiophene rings is 1. The van der Waals surface area contributed by atoms with Gasteiger partial charge in [0.15, 0.2) is 0 Å². The zero-order chi connectivity index (χ0) is 21.7. The number of benzene rings is 1. The number of fused-ring (bicyclic) bond motifs is 1. The van der Waals surface area contributed by atoms with Crippen LogP contribution in [0.2, 0.25) is 0 Å². The number of likely N-dealkylation sites (N-methyl/N-ethyl adjacent to an activating group) is 1. The van der Waals surface area contributed by atoms with Gasteiger partial charge in [-0.3, -0.25) is 14.4 Å². The van der Waals surface area contributed by atoms with Crippen molar-refractivity contribution < 1.29 is 14.4 Å². The number of rotatable bonds is 7. The van der Waals surface area contributed by atoms with E-state index in [1.165, 1.54) is 16.3 Å². The van der Waals surface area contributed by atoms with E-state index < -0.39 is 12.1 Å². The maximum absolute atomic E-state index is 13.1. The fourth-order valence-electron chi connectivity index (χ4n) is 3.33. The van der Waals surface area contributed by atoms with E-state index in [1.54, 1.807) is 19.3 Å². The summed E-state index contributed by atoms with van der Waals surface area (Å²) in [4.78, 5) is 38.4. The smallest absolute Gasteiger partial charge is 0.269 e. The average Bonchev–Trinajstić information content (AvgIpc) is 3.18. The van der Waals surface area contributed by atoms with Crippen LogP contribution in [0.5, 0.6) is 0 Å². The summed E-state index contributed by atoms with van der Waals surface area (Å²) in [6.45, 7) is 3.97. The van der Waals surface area contributed by atoms with E-state index in [1.807, 2.05) is 48.9 Å². The lowest BCUT2D eigenvalue weighted by Gasteiger charge is -2.25. The van der Waals surface area contributed by atoms with Crippen molar-refractivity contribution in [2.75, 3.05) is 7.05 Å². The van der Waals surface area contributed by atoms with Gasteiger partial charge in [0.1, 0.15) is 12.1 Å². The molecule has 1 unspecified atom stereocenters. The van der Waals surface area contributed by atoms with E-state index in [9.17, 15) is 14.4 Å². The Hall–Kier alpha value is -3.00. The Morgan fingerprint density at radius 3 is 2.70 bits per heavy atom. The van der Waals surface area contributed by atoms with Gasteiger partial charge in [0.2, 0.25) is 11.8 Å². The highest BCUT2D eigenvalue weighted by atomic mass is 32.1. The Balaban J connectivity index is 1.77. The highest BCUT2D eigenvalue weighted by molar-refractivity contribution is 7.08. The van der Waals surface area contributed by atoms with Crippen LogP contribution in [0.1, 0.15) is 43.0 Å². The van der Waals surface area contributed by atoms with Crippen LogP contribution in [0.15, 0.2) is 46.2 Å². The molecule has 8 heteroatoms. The van der Waals surface area contributed by atoms with Crippen LogP contribution in [-0.4, -0.2) is 42.0 Å². The molecule has 1 aliphatic heterocycles. The van der Waals surface area contributed by atoms with E-state index in [2.05, 4.69) is 15.7 Å². The highest BCUT2D eigenvalue weighted by Gasteiger charge is 2.32. The molecule has 0 fully saturated rings. The van der Waals surface area contributed by atoms with E-state index in [0.717, 1.165) is 11.1 Å². The monoisotopic (exact) mass is 426 g/mol. The van der Waals surface area contributed by atoms with Crippen molar-refractivity contribution in [3.8, 4) is 0 Å². The Bertz CT molecular complexity index is 940. The third-order valence-electron chi connectivity index (χ3n) is 4.83. The van der Waals surface area contributed by atoms with E-state index >= 15 is 0 Å². The molecule has 158 valence electrons. The number of hydrogen-bond donors (Lipinski definition) is 2. The maximum atomic E-state index is 13.1. The van der Waals surface area contributed by atoms with Crippen LogP contribution in [0.4, 0.5) is 0 Å². The molecule has 2 aromatic rings. The van der Waals surface area contributed by atoms with E-state index in [4.69, 9.17) is 0 Å². The Morgan fingerprint density at radius 2 is 2.00 bits per heavy atom. The number of hydrazone groups is 1. The molecule has 0 bridgehead atoms. The summed E-state index contributed by atoms with van der Waals surface area (Å²) in [5, 5.41) is 14.8. The van der Waals surface area contributed by atoms with Gasteiger partial charge in [-0.2, -0.15) is 16.4 Å². The minimum atomic E-state index is -0.871. The molecule has 3 amide bonds. The second-order valence-electron chi connectivity index (χ2n) is 7.73. The molecule has 7 nitrogen and oxygen atoms in total. The summed E-state index contributed by atoms with van der Waals surface area (Å²) in [5.74, 6) is -0.754. The second kappa shape index (κ2) is 9.67. The molecule has 0 saturated carbocycles. The fraction of sp³-hybridized carbons (Fsp3) is 0.364. The van der Waals surface area contributed by atoms with Crippen molar-refractivity contribution in [2.45, 2.75) is 38.8 Å². The largest absolute Gasteiger partial charge is 0.344 e. The minimum Gasteiger partial charge on any atom is -0.344 e. The Morgan fingerprint density at radius 1 is 1.23 bits per heavy atom. The Labute approximate surface area is 180 Å². The van der Waals surface area contributed by atoms with Gasteiger partial charge in [0.05, 0.1) is 12.6 Å². The minimum absolute atomic E-state index is 0.185. The van der Waals surface area contributed by atoms with Crippen LogP contribution in [0, 0.1) is 5.92 Å². The second-order valence-corrected chi connectivity index (χ2v) is 8.51. The number of carbonyl (C=O) groups is 3. The van der Waals surface area contributed by atoms with Gasteiger partial charge in [-0.15, -0.1) is 0 Å². The fourth-order valence-corrected chi connectivity index (χ4v) is 3.99. The van der Waals surface area contributed by atoms with Crippen molar-refractivity contribution in [1.82, 2.24) is 15.6 Å². The number of amides is 3. The average molecular weight is 427 g/mol. The molecule has 0 saturated heterocycles. The van der Waals surface area contributed by atoms with Crippen molar-refractivity contribution >= 4 is 35.3 Å². The van der Waals surface area contributed by atoms with Gasteiger partial charge in [0.25, 0.3) is 5.91 Å². The zero-order valence-electron chi connectivity index (χ0n) is 17.3. The van der Waals surface area contributed by atoms with Gasteiger partial charge >= 0.3 is 0 Å². The normalized spacial score (nSPS) is 16.7. The first-order chi connectivity index (χ1) is 14.3. The van der Waals surface area contributed by atoms with Crippen LogP contribution >= 0.6 is 11.3 Å². The van der Waals surface area contributed by atoms with E-state index in [0.29, 0.717) is 12.0 Å². The SMILES string of the molecule is CC(C)C[C@H](NC(=O)Cc1ccsc1)C(=O)NC1C(=O)N(C)N=Cc2ccccc21. The Kier molecular flexibility index (Phi) is 6.99. The third-order valence-corrected chi connectivity index (χ3v) is 5.57. The first-order valence-corrected chi connectivity index (χ1v) is 10.8. The molecule has 0 spiro atoms. The summed E-state index contributed by atoms with van der Waals surface area (Å²) in [5.41, 5.74) is 2.35. The van der Waals surface area contributed by atoms with Crippen LogP contribution in [-0.2, 0) is 20.8 Å². The summed E-state index contributed by atoms with van der Waals surface area (Å²) in [6, 6.07) is 7.60. The molecular weight excluding hydrogens is 400 g/mol. The van der Waals surface area contributed by atoms with Crippen LogP contribution in [0.3, 0.4) is 0 Å². The standard InChI is InChI=1S/C22H26N4O3S/c1-14(2)10-18(24-19(27)11-15-8-9-30-13-15)21(28)25-20-17-7-5-4-6-16(17)12-23-26(3)22(20)29/h4-9,12-14,18,20H,10-11H2,1-3H3,(H,24,27)(H,25,28)/t18-,20?/m0/s1. The molecule has 1 aliphatic rings. The number of nitrogens with zero attached hydrogens (tertiary/aromatic N) is 2. The predicted octanol–water partition coefficient (Wildman–Crippen LogP) is 2.48. The molecule has 2 atom stereocenters. The summed E-state index contributed by atoms with van der Waals surface area (Å²) >= 11 is 1.52. The first-order valence-electron chi connectivity index (χ1n) is 9.86. The van der Waals surface area contributed by atoms with Crippen molar-refractivity contribution in [1.29, 1.82) is 0 Å². The highest BCUT2D eigenvalue weighted by Crippen LogP contribution is 2.22. The number of carbonyl (C=O) groups excluding carboxylic acids is 3. The summed E-state index contributed by atoms with van der Waals surface area (Å²) in [7, 11) is 1.55. The predicted molar refractivity (Wildman–Crippen MR) is 117 cm³/mol. The van der Waals surface area contributed by atoms with E-state index in [-0.39, 0.29) is 30.1 Å². The van der Waals surface area contributed by atoms with Gasteiger partial charge in [-0.05, 0) is 40.3 Å². The van der Waals surface area contributed by atoms with Crippen molar-refractivity contribution in [3.05, 3.63) is 57.8 Å². The molecule has 2 N–H and O–H groups in total. The number of nitrogens with one attached hydrogen (secondary N) is 2. The molecular formula is C22H26N4O3S. The molecule has 0 radical (unpaired) electrons. The van der Waals surface area contributed by atoms with Crippen molar-refractivity contribution in [3.63, 3.8) is 0 Å². The van der Waals surface area contributed by atoms with Crippen molar-refractivity contribution in [2.24, 2.45) is 11.0 Å². The lowest BCUT2D eigenvalue weighted by atomic mass is 9.98. The van der Waals surface area contributed by atoms with Gasteiger partial charge in [-0.25, -0.2) is 5.01 Å².